The first kappa shape index (κ1) is 13.3. The summed E-state index contributed by atoms with van der Waals surface area (Å²) in [6, 6.07) is 9.60. The molecule has 18 heavy (non-hydrogen) atoms. The Hall–Kier alpha value is -1.11. The standard InChI is InChI=1S/C11H8BrClN2O2S/c12-8-4-3-7-14-11(8)15-18(16,17)10-6-2-1-5-9(10)13/h1-7H,(H,14,15). The fourth-order valence-electron chi connectivity index (χ4n) is 1.31. The van der Waals surface area contributed by atoms with Crippen molar-refractivity contribution in [2.45, 2.75) is 4.90 Å². The molecule has 94 valence electrons. The Labute approximate surface area is 118 Å². The summed E-state index contributed by atoms with van der Waals surface area (Å²) >= 11 is 9.08. The highest BCUT2D eigenvalue weighted by Gasteiger charge is 2.18. The second kappa shape index (κ2) is 5.26. The maximum Gasteiger partial charge on any atom is 0.264 e. The lowest BCUT2D eigenvalue weighted by atomic mass is 10.4. The molecule has 7 heteroatoms. The van der Waals surface area contributed by atoms with E-state index in [4.69, 9.17) is 11.6 Å². The average Bonchev–Trinajstić information content (AvgIpc) is 2.32. The molecule has 0 unspecified atom stereocenters. The molecular weight excluding hydrogens is 340 g/mol. The van der Waals surface area contributed by atoms with Gasteiger partial charge in [0, 0.05) is 6.20 Å². The molecule has 0 atom stereocenters. The monoisotopic (exact) mass is 346 g/mol. The molecule has 2 rings (SSSR count). The topological polar surface area (TPSA) is 59.1 Å². The summed E-state index contributed by atoms with van der Waals surface area (Å²) in [4.78, 5) is 3.96. The van der Waals surface area contributed by atoms with E-state index in [1.165, 1.54) is 18.3 Å². The minimum absolute atomic E-state index is 0.0178. The summed E-state index contributed by atoms with van der Waals surface area (Å²) in [6.45, 7) is 0. The zero-order chi connectivity index (χ0) is 13.2. The number of hydrogen-bond donors (Lipinski definition) is 1. The maximum atomic E-state index is 12.1. The smallest absolute Gasteiger partial charge is 0.262 e. The van der Waals surface area contributed by atoms with E-state index in [1.807, 2.05) is 0 Å². The summed E-state index contributed by atoms with van der Waals surface area (Å²) < 4.78 is 27.2. The zero-order valence-corrected chi connectivity index (χ0v) is 12.1. The van der Waals surface area contributed by atoms with Gasteiger partial charge in [0.15, 0.2) is 5.82 Å². The summed E-state index contributed by atoms with van der Waals surface area (Å²) in [6.07, 6.45) is 1.50. The maximum absolute atomic E-state index is 12.1. The van der Waals surface area contributed by atoms with Gasteiger partial charge in [-0.25, -0.2) is 13.4 Å². The van der Waals surface area contributed by atoms with Crippen LogP contribution in [0.25, 0.3) is 0 Å². The van der Waals surface area contributed by atoms with E-state index in [0.29, 0.717) is 4.47 Å². The number of pyridine rings is 1. The molecule has 1 aromatic heterocycles. The molecule has 0 spiro atoms. The number of anilines is 1. The third-order valence-electron chi connectivity index (χ3n) is 2.12. The van der Waals surface area contributed by atoms with Crippen molar-refractivity contribution in [2.75, 3.05) is 4.72 Å². The molecule has 0 fully saturated rings. The van der Waals surface area contributed by atoms with Gasteiger partial charge in [0.05, 0.1) is 9.50 Å². The van der Waals surface area contributed by atoms with Crippen molar-refractivity contribution >= 4 is 43.4 Å². The highest BCUT2D eigenvalue weighted by atomic mass is 79.9. The number of sulfonamides is 1. The number of halogens is 2. The molecule has 0 aliphatic rings. The lowest BCUT2D eigenvalue weighted by molar-refractivity contribution is 0.601. The second-order valence-electron chi connectivity index (χ2n) is 3.37. The van der Waals surface area contributed by atoms with E-state index < -0.39 is 10.0 Å². The number of nitrogens with one attached hydrogen (secondary N) is 1. The summed E-state index contributed by atoms with van der Waals surface area (Å²) in [7, 11) is -3.74. The number of benzene rings is 1. The summed E-state index contributed by atoms with van der Waals surface area (Å²) in [5.74, 6) is 0.220. The van der Waals surface area contributed by atoms with Crippen LogP contribution in [-0.4, -0.2) is 13.4 Å². The van der Waals surface area contributed by atoms with Crippen molar-refractivity contribution in [3.63, 3.8) is 0 Å². The van der Waals surface area contributed by atoms with Crippen molar-refractivity contribution in [1.29, 1.82) is 0 Å². The van der Waals surface area contributed by atoms with Gasteiger partial charge in [-0.2, -0.15) is 0 Å². The van der Waals surface area contributed by atoms with Crippen LogP contribution in [0, 0.1) is 0 Å². The van der Waals surface area contributed by atoms with Crippen LogP contribution in [0.4, 0.5) is 5.82 Å². The quantitative estimate of drug-likeness (QED) is 0.927. The molecule has 0 aliphatic heterocycles. The summed E-state index contributed by atoms with van der Waals surface area (Å²) in [5.41, 5.74) is 0. The van der Waals surface area contributed by atoms with Crippen molar-refractivity contribution in [2.24, 2.45) is 0 Å². The van der Waals surface area contributed by atoms with Crippen LogP contribution in [0.5, 0.6) is 0 Å². The fraction of sp³-hybridized carbons (Fsp3) is 0. The Bertz CT molecular complexity index is 676. The molecule has 1 heterocycles. The van der Waals surface area contributed by atoms with E-state index in [0.717, 1.165) is 0 Å². The van der Waals surface area contributed by atoms with Crippen LogP contribution >= 0.6 is 27.5 Å². The van der Waals surface area contributed by atoms with Crippen LogP contribution in [0.15, 0.2) is 52.0 Å². The van der Waals surface area contributed by atoms with E-state index in [-0.39, 0.29) is 15.7 Å². The molecule has 0 saturated carbocycles. The highest BCUT2D eigenvalue weighted by molar-refractivity contribution is 9.10. The normalized spacial score (nSPS) is 11.2. The number of nitrogens with zero attached hydrogens (tertiary/aromatic N) is 1. The van der Waals surface area contributed by atoms with Crippen molar-refractivity contribution in [3.05, 3.63) is 52.1 Å². The predicted molar refractivity (Wildman–Crippen MR) is 74.2 cm³/mol. The van der Waals surface area contributed by atoms with Gasteiger partial charge in [-0.05, 0) is 40.2 Å². The minimum Gasteiger partial charge on any atom is -0.262 e. The van der Waals surface area contributed by atoms with Crippen LogP contribution in [0.1, 0.15) is 0 Å². The minimum atomic E-state index is -3.74. The van der Waals surface area contributed by atoms with E-state index in [2.05, 4.69) is 25.6 Å². The molecule has 1 aromatic carbocycles. The molecule has 0 bridgehead atoms. The van der Waals surface area contributed by atoms with Crippen LogP contribution in [-0.2, 0) is 10.0 Å². The lowest BCUT2D eigenvalue weighted by Gasteiger charge is -2.09. The first-order valence-corrected chi connectivity index (χ1v) is 7.54. The SMILES string of the molecule is O=S(=O)(Nc1ncccc1Br)c1ccccc1Cl. The van der Waals surface area contributed by atoms with Gasteiger partial charge < -0.3 is 0 Å². The Morgan fingerprint density at radius 1 is 1.17 bits per heavy atom. The van der Waals surface area contributed by atoms with Gasteiger partial charge in [0.25, 0.3) is 10.0 Å². The lowest BCUT2D eigenvalue weighted by Crippen LogP contribution is -2.14. The molecule has 0 amide bonds. The van der Waals surface area contributed by atoms with Gasteiger partial charge in [-0.3, -0.25) is 4.72 Å². The predicted octanol–water partition coefficient (Wildman–Crippen LogP) is 3.30. The molecule has 0 aliphatic carbocycles. The largest absolute Gasteiger partial charge is 0.264 e. The van der Waals surface area contributed by atoms with Crippen LogP contribution in [0.3, 0.4) is 0 Å². The average molecular weight is 348 g/mol. The first-order valence-electron chi connectivity index (χ1n) is 4.88. The fourth-order valence-corrected chi connectivity index (χ4v) is 3.34. The highest BCUT2D eigenvalue weighted by Crippen LogP contribution is 2.25. The van der Waals surface area contributed by atoms with Gasteiger partial charge in [-0.15, -0.1) is 0 Å². The Morgan fingerprint density at radius 3 is 2.56 bits per heavy atom. The summed E-state index contributed by atoms with van der Waals surface area (Å²) in [5, 5.41) is 0.164. The molecule has 0 radical (unpaired) electrons. The Morgan fingerprint density at radius 2 is 1.89 bits per heavy atom. The molecular formula is C11H8BrClN2O2S. The molecule has 4 nitrogen and oxygen atoms in total. The molecule has 2 aromatic rings. The van der Waals surface area contributed by atoms with E-state index >= 15 is 0 Å². The number of rotatable bonds is 3. The third-order valence-corrected chi connectivity index (χ3v) is 4.59. The molecule has 0 saturated heterocycles. The van der Waals surface area contributed by atoms with E-state index in [9.17, 15) is 8.42 Å². The van der Waals surface area contributed by atoms with Crippen molar-refractivity contribution < 1.29 is 8.42 Å². The second-order valence-corrected chi connectivity index (χ2v) is 6.28. The van der Waals surface area contributed by atoms with Crippen molar-refractivity contribution in [3.8, 4) is 0 Å². The number of hydrogen-bond acceptors (Lipinski definition) is 3. The first-order chi connectivity index (χ1) is 8.50. The van der Waals surface area contributed by atoms with Crippen molar-refractivity contribution in [1.82, 2.24) is 4.98 Å². The van der Waals surface area contributed by atoms with Gasteiger partial charge >= 0.3 is 0 Å². The van der Waals surface area contributed by atoms with E-state index in [1.54, 1.807) is 24.3 Å². The zero-order valence-electron chi connectivity index (χ0n) is 8.97. The van der Waals surface area contributed by atoms with Crippen LogP contribution in [0.2, 0.25) is 5.02 Å². The third kappa shape index (κ3) is 2.82. The van der Waals surface area contributed by atoms with Gasteiger partial charge in [-0.1, -0.05) is 23.7 Å². The van der Waals surface area contributed by atoms with Crippen LogP contribution < -0.4 is 4.72 Å². The number of aromatic nitrogens is 1. The molecule has 1 N–H and O–H groups in total. The van der Waals surface area contributed by atoms with Gasteiger partial charge in [0.2, 0.25) is 0 Å². The van der Waals surface area contributed by atoms with Gasteiger partial charge in [0.1, 0.15) is 4.90 Å². The Balaban J connectivity index is 2.40. The Kier molecular flexibility index (Phi) is 3.89.